The molecule has 7 nitrogen and oxygen atoms in total. The maximum absolute atomic E-state index is 15.5. The number of hydrogen-bond donors (Lipinski definition) is 2. The van der Waals surface area contributed by atoms with Gasteiger partial charge in [0.15, 0.2) is 17.3 Å². The van der Waals surface area contributed by atoms with Crippen LogP contribution in [-0.4, -0.2) is 63.6 Å². The molecule has 2 fully saturated rings. The predicted molar refractivity (Wildman–Crippen MR) is 114 cm³/mol. The van der Waals surface area contributed by atoms with E-state index in [2.05, 4.69) is 20.2 Å². The molecule has 3 N–H and O–H groups in total. The lowest BCUT2D eigenvalue weighted by Gasteiger charge is -2.40. The highest BCUT2D eigenvalue weighted by atomic mass is 19.1. The number of alkyl halides is 1. The minimum Gasteiger partial charge on any atom is -0.384 e. The molecule has 0 aliphatic carbocycles. The second-order valence-electron chi connectivity index (χ2n) is 8.53. The van der Waals surface area contributed by atoms with Gasteiger partial charge in [0.05, 0.1) is 6.20 Å². The van der Waals surface area contributed by atoms with E-state index < -0.39 is 23.2 Å². The molecule has 1 amide bonds. The fourth-order valence-electron chi connectivity index (χ4n) is 4.35. The standard InChI is InChI=1S/C22H27F3N6O/c23-16-12-18(24)20(28-13-16)29-17-2-7-31(8-3-17)21(32)22(25)4-9-30(10-5-22)14-15-1-6-27-19(26)11-15/h1,6,11-13,17H,2-5,7-10,14H2,(H2,26,27)(H,28,29). The fraction of sp³-hybridized carbons (Fsp3) is 0.500. The number of carbonyl (C=O) groups is 1. The van der Waals surface area contributed by atoms with Crippen LogP contribution in [0.15, 0.2) is 30.6 Å². The zero-order valence-corrected chi connectivity index (χ0v) is 17.7. The van der Waals surface area contributed by atoms with Gasteiger partial charge in [-0.15, -0.1) is 0 Å². The monoisotopic (exact) mass is 448 g/mol. The van der Waals surface area contributed by atoms with Crippen LogP contribution in [0.5, 0.6) is 0 Å². The van der Waals surface area contributed by atoms with Crippen molar-refractivity contribution in [3.8, 4) is 0 Å². The van der Waals surface area contributed by atoms with Crippen molar-refractivity contribution in [3.05, 3.63) is 47.8 Å². The highest BCUT2D eigenvalue weighted by Crippen LogP contribution is 2.31. The molecule has 4 heterocycles. The Kier molecular flexibility index (Phi) is 6.50. The molecular weight excluding hydrogens is 421 g/mol. The molecule has 2 aromatic rings. The normalized spacial score (nSPS) is 19.7. The average molecular weight is 448 g/mol. The maximum atomic E-state index is 15.5. The van der Waals surface area contributed by atoms with E-state index in [1.807, 2.05) is 6.07 Å². The van der Waals surface area contributed by atoms with E-state index in [-0.39, 0.29) is 24.7 Å². The van der Waals surface area contributed by atoms with E-state index in [1.165, 1.54) is 0 Å². The number of nitrogens with zero attached hydrogens (tertiary/aromatic N) is 4. The zero-order valence-electron chi connectivity index (χ0n) is 17.7. The Bertz CT molecular complexity index is 958. The molecule has 4 rings (SSSR count). The van der Waals surface area contributed by atoms with Crippen molar-refractivity contribution in [1.82, 2.24) is 19.8 Å². The first-order valence-electron chi connectivity index (χ1n) is 10.8. The first-order valence-corrected chi connectivity index (χ1v) is 10.8. The Hall–Kier alpha value is -2.88. The van der Waals surface area contributed by atoms with Crippen LogP contribution in [0.25, 0.3) is 0 Å². The number of rotatable bonds is 5. The molecule has 2 saturated heterocycles. The van der Waals surface area contributed by atoms with Crippen molar-refractivity contribution in [2.75, 3.05) is 37.2 Å². The highest BCUT2D eigenvalue weighted by Gasteiger charge is 2.44. The van der Waals surface area contributed by atoms with Crippen molar-refractivity contribution in [1.29, 1.82) is 0 Å². The van der Waals surface area contributed by atoms with E-state index in [0.717, 1.165) is 17.8 Å². The van der Waals surface area contributed by atoms with Gasteiger partial charge >= 0.3 is 0 Å². The van der Waals surface area contributed by atoms with Crippen LogP contribution in [0.1, 0.15) is 31.2 Å². The zero-order chi connectivity index (χ0) is 22.7. The second-order valence-corrected chi connectivity index (χ2v) is 8.53. The summed E-state index contributed by atoms with van der Waals surface area (Å²) in [7, 11) is 0. The van der Waals surface area contributed by atoms with Crippen molar-refractivity contribution < 1.29 is 18.0 Å². The van der Waals surface area contributed by atoms with Gasteiger partial charge in [-0.25, -0.2) is 23.1 Å². The van der Waals surface area contributed by atoms with Crippen LogP contribution in [0.4, 0.5) is 24.8 Å². The first-order chi connectivity index (χ1) is 15.3. The van der Waals surface area contributed by atoms with Gasteiger partial charge in [-0.2, -0.15) is 0 Å². The van der Waals surface area contributed by atoms with Gasteiger partial charge in [-0.1, -0.05) is 0 Å². The van der Waals surface area contributed by atoms with E-state index in [1.54, 1.807) is 17.2 Å². The predicted octanol–water partition coefficient (Wildman–Crippen LogP) is 2.74. The number of nitrogens with two attached hydrogens (primary N) is 1. The Balaban J connectivity index is 1.26. The summed E-state index contributed by atoms with van der Waals surface area (Å²) in [5.41, 5.74) is 4.86. The Morgan fingerprint density at radius 3 is 2.53 bits per heavy atom. The first kappa shape index (κ1) is 22.3. The summed E-state index contributed by atoms with van der Waals surface area (Å²) in [5, 5.41) is 2.95. The molecule has 0 unspecified atom stereocenters. The lowest BCUT2D eigenvalue weighted by Crippen LogP contribution is -2.54. The third-order valence-electron chi connectivity index (χ3n) is 6.21. The van der Waals surface area contributed by atoms with Crippen molar-refractivity contribution >= 4 is 17.5 Å². The maximum Gasteiger partial charge on any atom is 0.260 e. The van der Waals surface area contributed by atoms with Gasteiger partial charge in [-0.05, 0) is 30.5 Å². The molecule has 0 spiro atoms. The Morgan fingerprint density at radius 1 is 1.16 bits per heavy atom. The summed E-state index contributed by atoms with van der Waals surface area (Å²) >= 11 is 0. The molecule has 0 atom stereocenters. The molecule has 172 valence electrons. The van der Waals surface area contributed by atoms with Crippen molar-refractivity contribution in [3.63, 3.8) is 0 Å². The highest BCUT2D eigenvalue weighted by molar-refractivity contribution is 5.85. The number of anilines is 2. The molecule has 2 aromatic heterocycles. The van der Waals surface area contributed by atoms with Crippen LogP contribution in [0.2, 0.25) is 0 Å². The SMILES string of the molecule is Nc1cc(CN2CCC(F)(C(=O)N3CCC(Nc4ncc(F)cc4F)CC3)CC2)ccn1. The van der Waals surface area contributed by atoms with Crippen LogP contribution in [0, 0.1) is 11.6 Å². The number of amides is 1. The van der Waals surface area contributed by atoms with E-state index in [9.17, 15) is 13.6 Å². The number of pyridine rings is 2. The number of halogens is 3. The van der Waals surface area contributed by atoms with Crippen LogP contribution < -0.4 is 11.1 Å². The summed E-state index contributed by atoms with van der Waals surface area (Å²) in [5.74, 6) is -1.52. The number of nitrogen functional groups attached to an aromatic ring is 1. The summed E-state index contributed by atoms with van der Waals surface area (Å²) < 4.78 is 42.3. The summed E-state index contributed by atoms with van der Waals surface area (Å²) in [6.45, 7) is 2.37. The van der Waals surface area contributed by atoms with Crippen LogP contribution in [-0.2, 0) is 11.3 Å². The molecule has 10 heteroatoms. The lowest BCUT2D eigenvalue weighted by molar-refractivity contribution is -0.148. The molecule has 2 aliphatic heterocycles. The van der Waals surface area contributed by atoms with Gasteiger partial charge in [0.1, 0.15) is 11.6 Å². The van der Waals surface area contributed by atoms with Crippen molar-refractivity contribution in [2.45, 2.75) is 43.9 Å². The quantitative estimate of drug-likeness (QED) is 0.732. The van der Waals surface area contributed by atoms with Gasteiger partial charge in [0, 0.05) is 63.9 Å². The largest absolute Gasteiger partial charge is 0.384 e. The lowest BCUT2D eigenvalue weighted by atomic mass is 9.90. The summed E-state index contributed by atoms with van der Waals surface area (Å²) in [6.07, 6.45) is 3.97. The topological polar surface area (TPSA) is 87.4 Å². The molecule has 0 bridgehead atoms. The molecule has 0 saturated carbocycles. The number of hydrogen-bond acceptors (Lipinski definition) is 6. The van der Waals surface area contributed by atoms with Gasteiger partial charge in [-0.3, -0.25) is 9.69 Å². The number of likely N-dealkylation sites (tertiary alicyclic amines) is 2. The minimum absolute atomic E-state index is 0.0125. The fourth-order valence-corrected chi connectivity index (χ4v) is 4.35. The third-order valence-corrected chi connectivity index (χ3v) is 6.21. The van der Waals surface area contributed by atoms with E-state index in [4.69, 9.17) is 5.73 Å². The Morgan fingerprint density at radius 2 is 1.88 bits per heavy atom. The smallest absolute Gasteiger partial charge is 0.260 e. The number of nitrogens with one attached hydrogen (secondary N) is 1. The molecule has 0 radical (unpaired) electrons. The van der Waals surface area contributed by atoms with Gasteiger partial charge in [0.25, 0.3) is 5.91 Å². The van der Waals surface area contributed by atoms with Gasteiger partial charge < -0.3 is 16.0 Å². The number of carbonyl (C=O) groups excluding carboxylic acids is 1. The summed E-state index contributed by atoms with van der Waals surface area (Å²) in [6, 6.07) is 4.34. The minimum atomic E-state index is -1.86. The molecule has 32 heavy (non-hydrogen) atoms. The molecular formula is C22H27F3N6O. The average Bonchev–Trinajstić information content (AvgIpc) is 2.77. The van der Waals surface area contributed by atoms with E-state index >= 15 is 4.39 Å². The summed E-state index contributed by atoms with van der Waals surface area (Å²) in [4.78, 5) is 24.3. The third kappa shape index (κ3) is 5.12. The van der Waals surface area contributed by atoms with Crippen LogP contribution in [0.3, 0.4) is 0 Å². The number of piperidine rings is 2. The second kappa shape index (κ2) is 9.32. The Labute approximate surface area is 184 Å². The number of aromatic nitrogens is 2. The molecule has 0 aromatic carbocycles. The van der Waals surface area contributed by atoms with Crippen molar-refractivity contribution in [2.24, 2.45) is 0 Å². The molecule has 2 aliphatic rings. The van der Waals surface area contributed by atoms with Gasteiger partial charge in [0.2, 0.25) is 0 Å². The van der Waals surface area contributed by atoms with Crippen LogP contribution >= 0.6 is 0 Å². The van der Waals surface area contributed by atoms with E-state index in [0.29, 0.717) is 51.4 Å².